The lowest BCUT2D eigenvalue weighted by atomic mass is 10.1. The fraction of sp³-hybridized carbons (Fsp3) is 0.263. The minimum Gasteiger partial charge on any atom is -0.504 e. The molecule has 2 aromatic rings. The van der Waals surface area contributed by atoms with Crippen molar-refractivity contribution in [2.45, 2.75) is 20.8 Å². The van der Waals surface area contributed by atoms with E-state index in [4.69, 9.17) is 9.47 Å². The van der Waals surface area contributed by atoms with Crippen LogP contribution in [0.1, 0.15) is 23.6 Å². The van der Waals surface area contributed by atoms with E-state index >= 15 is 0 Å². The van der Waals surface area contributed by atoms with Gasteiger partial charge in [-0.3, -0.25) is 14.9 Å². The Labute approximate surface area is 161 Å². The molecule has 2 rings (SSSR count). The fourth-order valence-corrected chi connectivity index (χ4v) is 2.31. The molecule has 0 fully saturated rings. The third-order valence-corrected chi connectivity index (χ3v) is 3.91. The van der Waals surface area contributed by atoms with Gasteiger partial charge < -0.3 is 14.6 Å². The second kappa shape index (κ2) is 9.36. The zero-order chi connectivity index (χ0) is 20.7. The topological polar surface area (TPSA) is 123 Å². The van der Waals surface area contributed by atoms with Crippen LogP contribution in [-0.2, 0) is 4.79 Å². The maximum absolute atomic E-state index is 11.9. The van der Waals surface area contributed by atoms with E-state index in [9.17, 15) is 20.0 Å². The molecule has 0 aliphatic heterocycles. The van der Waals surface area contributed by atoms with Crippen molar-refractivity contribution in [3.63, 3.8) is 0 Å². The predicted octanol–water partition coefficient (Wildman–Crippen LogP) is 2.85. The molecule has 0 aliphatic carbocycles. The first-order chi connectivity index (χ1) is 13.3. The Bertz CT molecular complexity index is 911. The Hall–Kier alpha value is -3.62. The lowest BCUT2D eigenvalue weighted by Gasteiger charge is -2.10. The number of phenols is 1. The van der Waals surface area contributed by atoms with Crippen LogP contribution in [0.25, 0.3) is 0 Å². The van der Waals surface area contributed by atoms with Crippen LogP contribution in [0.2, 0.25) is 0 Å². The van der Waals surface area contributed by atoms with Gasteiger partial charge in [0.2, 0.25) is 0 Å². The molecule has 0 aliphatic rings. The quantitative estimate of drug-likeness (QED) is 0.408. The monoisotopic (exact) mass is 387 g/mol. The van der Waals surface area contributed by atoms with Gasteiger partial charge >= 0.3 is 0 Å². The average molecular weight is 387 g/mol. The van der Waals surface area contributed by atoms with Gasteiger partial charge in [0.1, 0.15) is 5.75 Å². The molecule has 9 heteroatoms. The largest absolute Gasteiger partial charge is 0.504 e. The van der Waals surface area contributed by atoms with Gasteiger partial charge in [0.05, 0.1) is 23.8 Å². The van der Waals surface area contributed by atoms with Crippen molar-refractivity contribution in [2.75, 3.05) is 13.2 Å². The average Bonchev–Trinajstić information content (AvgIpc) is 2.65. The molecule has 0 atom stereocenters. The van der Waals surface area contributed by atoms with Crippen molar-refractivity contribution >= 4 is 17.8 Å². The summed E-state index contributed by atoms with van der Waals surface area (Å²) in [4.78, 5) is 22.3. The number of phenolic OH excluding ortho intramolecular Hbond substituents is 1. The molecule has 0 spiro atoms. The molecular formula is C19H21N3O6. The van der Waals surface area contributed by atoms with Crippen LogP contribution >= 0.6 is 0 Å². The van der Waals surface area contributed by atoms with Crippen LogP contribution in [0, 0.1) is 24.0 Å². The number of amides is 1. The normalized spacial score (nSPS) is 10.7. The summed E-state index contributed by atoms with van der Waals surface area (Å²) >= 11 is 0. The van der Waals surface area contributed by atoms with Gasteiger partial charge in [-0.2, -0.15) is 5.10 Å². The Morgan fingerprint density at radius 3 is 2.71 bits per heavy atom. The number of non-ortho nitro benzene ring substituents is 1. The van der Waals surface area contributed by atoms with E-state index in [1.165, 1.54) is 0 Å². The summed E-state index contributed by atoms with van der Waals surface area (Å²) in [6.45, 7) is 5.48. The number of hydrazone groups is 1. The molecule has 2 N–H and O–H groups in total. The first-order valence-electron chi connectivity index (χ1n) is 8.48. The van der Waals surface area contributed by atoms with Crippen molar-refractivity contribution in [2.24, 2.45) is 5.10 Å². The lowest BCUT2D eigenvalue weighted by Crippen LogP contribution is -2.24. The number of nitro groups is 1. The number of hydrogen-bond donors (Lipinski definition) is 2. The van der Waals surface area contributed by atoms with E-state index in [0.717, 1.165) is 29.5 Å². The van der Waals surface area contributed by atoms with Gasteiger partial charge in [-0.25, -0.2) is 5.43 Å². The third kappa shape index (κ3) is 5.19. The molecule has 0 saturated heterocycles. The fourth-order valence-electron chi connectivity index (χ4n) is 2.31. The first kappa shape index (κ1) is 20.7. The molecular weight excluding hydrogens is 366 g/mol. The maximum atomic E-state index is 11.9. The highest BCUT2D eigenvalue weighted by Crippen LogP contribution is 2.33. The summed E-state index contributed by atoms with van der Waals surface area (Å²) in [7, 11) is 0. The number of nitro benzene ring substituents is 1. The molecule has 1 amide bonds. The van der Waals surface area contributed by atoms with Crippen molar-refractivity contribution in [1.82, 2.24) is 5.43 Å². The number of rotatable bonds is 8. The molecule has 9 nitrogen and oxygen atoms in total. The second-order valence-electron chi connectivity index (χ2n) is 5.85. The van der Waals surface area contributed by atoms with Gasteiger partial charge in [-0.15, -0.1) is 0 Å². The predicted molar refractivity (Wildman–Crippen MR) is 103 cm³/mol. The Morgan fingerprint density at radius 2 is 2.04 bits per heavy atom. The zero-order valence-corrected chi connectivity index (χ0v) is 15.8. The van der Waals surface area contributed by atoms with Crippen molar-refractivity contribution in [3.05, 3.63) is 57.1 Å². The number of ether oxygens (including phenoxy) is 2. The standard InChI is InChI=1S/C19H21N3O6/c1-4-27-17-9-15(22(25)26)8-14(19(17)24)10-20-21-18(23)11-28-16-7-5-6-12(2)13(16)3/h5-10,24H,4,11H2,1-3H3,(H,21,23). The van der Waals surface area contributed by atoms with Gasteiger partial charge in [-0.05, 0) is 38.0 Å². The SMILES string of the molecule is CCOc1cc([N+](=O)[O-])cc(C=NNC(=O)COc2cccc(C)c2C)c1O. The van der Waals surface area contributed by atoms with Crippen LogP contribution in [0.3, 0.4) is 0 Å². The first-order valence-corrected chi connectivity index (χ1v) is 8.48. The molecule has 148 valence electrons. The van der Waals surface area contributed by atoms with Crippen LogP contribution in [0.5, 0.6) is 17.2 Å². The van der Waals surface area contributed by atoms with Crippen LogP contribution < -0.4 is 14.9 Å². The summed E-state index contributed by atoms with van der Waals surface area (Å²) in [6, 6.07) is 7.77. The van der Waals surface area contributed by atoms with Gasteiger partial charge in [-0.1, -0.05) is 12.1 Å². The summed E-state index contributed by atoms with van der Waals surface area (Å²) in [5.74, 6) is -0.274. The number of aromatic hydroxyl groups is 1. The summed E-state index contributed by atoms with van der Waals surface area (Å²) < 4.78 is 10.6. The highest BCUT2D eigenvalue weighted by Gasteiger charge is 2.16. The van der Waals surface area contributed by atoms with Gasteiger partial charge in [0, 0.05) is 11.6 Å². The summed E-state index contributed by atoms with van der Waals surface area (Å²) in [5.41, 5.74) is 3.99. The van der Waals surface area contributed by atoms with Crippen molar-refractivity contribution in [3.8, 4) is 17.2 Å². The van der Waals surface area contributed by atoms with E-state index < -0.39 is 10.8 Å². The number of nitrogens with one attached hydrogen (secondary N) is 1. The molecule has 0 saturated carbocycles. The molecule has 2 aromatic carbocycles. The lowest BCUT2D eigenvalue weighted by molar-refractivity contribution is -0.385. The van der Waals surface area contributed by atoms with Crippen molar-refractivity contribution < 1.29 is 24.3 Å². The van der Waals surface area contributed by atoms with E-state index in [1.807, 2.05) is 26.0 Å². The summed E-state index contributed by atoms with van der Waals surface area (Å²) in [6.07, 6.45) is 1.10. The summed E-state index contributed by atoms with van der Waals surface area (Å²) in [5, 5.41) is 24.8. The smallest absolute Gasteiger partial charge is 0.277 e. The third-order valence-electron chi connectivity index (χ3n) is 3.91. The Balaban J connectivity index is 2.04. The second-order valence-corrected chi connectivity index (χ2v) is 5.85. The molecule has 0 unspecified atom stereocenters. The Kier molecular flexibility index (Phi) is 6.91. The molecule has 0 heterocycles. The number of nitrogens with zero attached hydrogens (tertiary/aromatic N) is 2. The number of hydrogen-bond acceptors (Lipinski definition) is 7. The number of carbonyl (C=O) groups excluding carboxylic acids is 1. The van der Waals surface area contributed by atoms with Gasteiger partial charge in [0.15, 0.2) is 18.1 Å². The highest BCUT2D eigenvalue weighted by atomic mass is 16.6. The molecule has 0 radical (unpaired) electrons. The van der Waals surface area contributed by atoms with Gasteiger partial charge in [0.25, 0.3) is 11.6 Å². The maximum Gasteiger partial charge on any atom is 0.277 e. The van der Waals surface area contributed by atoms with E-state index in [0.29, 0.717) is 5.75 Å². The van der Waals surface area contributed by atoms with E-state index in [2.05, 4.69) is 10.5 Å². The van der Waals surface area contributed by atoms with Crippen LogP contribution in [-0.4, -0.2) is 35.4 Å². The molecule has 0 bridgehead atoms. The highest BCUT2D eigenvalue weighted by molar-refractivity contribution is 5.87. The zero-order valence-electron chi connectivity index (χ0n) is 15.8. The number of aryl methyl sites for hydroxylation is 1. The molecule has 28 heavy (non-hydrogen) atoms. The van der Waals surface area contributed by atoms with E-state index in [1.54, 1.807) is 13.0 Å². The minimum absolute atomic E-state index is 0.0356. The number of carbonyl (C=O) groups is 1. The van der Waals surface area contributed by atoms with Crippen LogP contribution in [0.4, 0.5) is 5.69 Å². The van der Waals surface area contributed by atoms with Crippen LogP contribution in [0.15, 0.2) is 35.4 Å². The molecule has 0 aromatic heterocycles. The van der Waals surface area contributed by atoms with Crippen molar-refractivity contribution in [1.29, 1.82) is 0 Å². The van der Waals surface area contributed by atoms with E-state index in [-0.39, 0.29) is 36.0 Å². The Morgan fingerprint density at radius 1 is 1.29 bits per heavy atom. The minimum atomic E-state index is -0.615. The number of benzene rings is 2.